The molecule has 1 aromatic carbocycles. The molecule has 5 amide bonds. The molecule has 8 nitrogen and oxygen atoms in total. The van der Waals surface area contributed by atoms with E-state index in [1.807, 2.05) is 0 Å². The summed E-state index contributed by atoms with van der Waals surface area (Å²) in [5, 5.41) is 5.39. The molecule has 8 heteroatoms. The summed E-state index contributed by atoms with van der Waals surface area (Å²) in [6, 6.07) is 6.46. The van der Waals surface area contributed by atoms with Gasteiger partial charge in [-0.25, -0.2) is 4.79 Å². The molecule has 1 saturated carbocycles. The van der Waals surface area contributed by atoms with Crippen LogP contribution in [0, 0.1) is 5.92 Å². The molecule has 1 aliphatic heterocycles. The van der Waals surface area contributed by atoms with Crippen molar-refractivity contribution in [2.75, 3.05) is 20.6 Å². The molecule has 1 aliphatic carbocycles. The average molecular weight is 400 g/mol. The zero-order chi connectivity index (χ0) is 21.2. The standard InChI is InChI=1S/C21H28N4O4/c1-14-8-10-21(11-9-14)19(28)25(20(29)23-21)13-17(26)24(3)12-15-4-6-16(7-5-15)18(27)22-2/h4-7,14H,8-13H2,1-3H3,(H,22,27)(H,23,29). The van der Waals surface area contributed by atoms with Crippen LogP contribution in [0.2, 0.25) is 0 Å². The number of rotatable bonds is 5. The van der Waals surface area contributed by atoms with Crippen LogP contribution in [0.3, 0.4) is 0 Å². The first-order valence-electron chi connectivity index (χ1n) is 9.95. The van der Waals surface area contributed by atoms with E-state index in [0.29, 0.717) is 30.9 Å². The molecular formula is C21H28N4O4. The molecule has 0 unspecified atom stereocenters. The van der Waals surface area contributed by atoms with Crippen LogP contribution in [0.25, 0.3) is 0 Å². The largest absolute Gasteiger partial charge is 0.355 e. The third-order valence-corrected chi connectivity index (χ3v) is 5.96. The maximum absolute atomic E-state index is 12.9. The predicted octanol–water partition coefficient (Wildman–Crippen LogP) is 1.51. The Morgan fingerprint density at radius 2 is 1.83 bits per heavy atom. The summed E-state index contributed by atoms with van der Waals surface area (Å²) in [5.41, 5.74) is 0.554. The van der Waals surface area contributed by atoms with E-state index in [1.54, 1.807) is 38.4 Å². The number of amides is 5. The van der Waals surface area contributed by atoms with E-state index in [0.717, 1.165) is 23.3 Å². The fraction of sp³-hybridized carbons (Fsp3) is 0.524. The first-order valence-corrected chi connectivity index (χ1v) is 9.95. The van der Waals surface area contributed by atoms with Gasteiger partial charge in [-0.2, -0.15) is 0 Å². The monoisotopic (exact) mass is 400 g/mol. The minimum Gasteiger partial charge on any atom is -0.355 e. The number of imide groups is 1. The third-order valence-electron chi connectivity index (χ3n) is 5.96. The lowest BCUT2D eigenvalue weighted by atomic mass is 9.77. The van der Waals surface area contributed by atoms with Crippen LogP contribution in [0.5, 0.6) is 0 Å². The van der Waals surface area contributed by atoms with Gasteiger partial charge in [0.25, 0.3) is 11.8 Å². The van der Waals surface area contributed by atoms with E-state index in [4.69, 9.17) is 0 Å². The number of benzene rings is 1. The van der Waals surface area contributed by atoms with Gasteiger partial charge in [0.1, 0.15) is 12.1 Å². The summed E-state index contributed by atoms with van der Waals surface area (Å²) in [7, 11) is 3.20. The van der Waals surface area contributed by atoms with Gasteiger partial charge >= 0.3 is 6.03 Å². The van der Waals surface area contributed by atoms with Crippen molar-refractivity contribution in [2.24, 2.45) is 5.92 Å². The fourth-order valence-electron chi connectivity index (χ4n) is 3.94. The summed E-state index contributed by atoms with van der Waals surface area (Å²) in [6.07, 6.45) is 3.02. The molecule has 156 valence electrons. The Kier molecular flexibility index (Phi) is 5.91. The summed E-state index contributed by atoms with van der Waals surface area (Å²) in [4.78, 5) is 52.0. The molecule has 2 N–H and O–H groups in total. The van der Waals surface area contributed by atoms with Gasteiger partial charge in [-0.3, -0.25) is 19.3 Å². The molecular weight excluding hydrogens is 372 g/mol. The van der Waals surface area contributed by atoms with Crippen molar-refractivity contribution in [3.05, 3.63) is 35.4 Å². The van der Waals surface area contributed by atoms with Crippen LogP contribution in [0.4, 0.5) is 4.79 Å². The number of hydrogen-bond donors (Lipinski definition) is 2. The van der Waals surface area contributed by atoms with E-state index in [-0.39, 0.29) is 24.3 Å². The molecule has 2 fully saturated rings. The Bertz CT molecular complexity index is 812. The lowest BCUT2D eigenvalue weighted by molar-refractivity contribution is -0.139. The number of carbonyl (C=O) groups excluding carboxylic acids is 4. The predicted molar refractivity (Wildman–Crippen MR) is 107 cm³/mol. The quantitative estimate of drug-likeness (QED) is 0.732. The minimum absolute atomic E-state index is 0.175. The van der Waals surface area contributed by atoms with E-state index in [1.165, 1.54) is 4.90 Å². The zero-order valence-corrected chi connectivity index (χ0v) is 17.2. The molecule has 1 heterocycles. The molecule has 1 spiro atoms. The molecule has 0 aromatic heterocycles. The van der Waals surface area contributed by atoms with Crippen LogP contribution in [0.15, 0.2) is 24.3 Å². The van der Waals surface area contributed by atoms with Gasteiger partial charge in [0.15, 0.2) is 0 Å². The number of carbonyl (C=O) groups is 4. The summed E-state index contributed by atoms with van der Waals surface area (Å²) in [5.74, 6) is -0.233. The molecule has 0 atom stereocenters. The SMILES string of the molecule is CNC(=O)c1ccc(CN(C)C(=O)CN2C(=O)NC3(CCC(C)CC3)C2=O)cc1. The van der Waals surface area contributed by atoms with Crippen molar-refractivity contribution in [2.45, 2.75) is 44.7 Å². The van der Waals surface area contributed by atoms with Crippen LogP contribution >= 0.6 is 0 Å². The molecule has 2 aliphatic rings. The van der Waals surface area contributed by atoms with Gasteiger partial charge < -0.3 is 15.5 Å². The number of nitrogens with zero attached hydrogens (tertiary/aromatic N) is 2. The Morgan fingerprint density at radius 3 is 2.41 bits per heavy atom. The second-order valence-corrected chi connectivity index (χ2v) is 8.11. The molecule has 3 rings (SSSR count). The second-order valence-electron chi connectivity index (χ2n) is 8.11. The van der Waals surface area contributed by atoms with E-state index >= 15 is 0 Å². The van der Waals surface area contributed by atoms with Crippen LogP contribution in [-0.4, -0.2) is 59.7 Å². The average Bonchev–Trinajstić information content (AvgIpc) is 2.94. The van der Waals surface area contributed by atoms with Gasteiger partial charge in [-0.05, 0) is 49.3 Å². The molecule has 0 bridgehead atoms. The van der Waals surface area contributed by atoms with Crippen molar-refractivity contribution in [3.63, 3.8) is 0 Å². The third kappa shape index (κ3) is 4.26. The normalized spacial score (nSPS) is 23.8. The van der Waals surface area contributed by atoms with Crippen LogP contribution < -0.4 is 10.6 Å². The molecule has 1 aromatic rings. The van der Waals surface area contributed by atoms with E-state index < -0.39 is 11.6 Å². The topological polar surface area (TPSA) is 98.8 Å². The Hall–Kier alpha value is -2.90. The van der Waals surface area contributed by atoms with Crippen LogP contribution in [-0.2, 0) is 16.1 Å². The van der Waals surface area contributed by atoms with Gasteiger partial charge in [0.2, 0.25) is 5.91 Å². The summed E-state index contributed by atoms with van der Waals surface area (Å²) < 4.78 is 0. The highest BCUT2D eigenvalue weighted by Gasteiger charge is 2.52. The lowest BCUT2D eigenvalue weighted by Crippen LogP contribution is -2.50. The highest BCUT2D eigenvalue weighted by Crippen LogP contribution is 2.36. The second kappa shape index (κ2) is 8.23. The fourth-order valence-corrected chi connectivity index (χ4v) is 3.94. The van der Waals surface area contributed by atoms with Crippen molar-refractivity contribution < 1.29 is 19.2 Å². The summed E-state index contributed by atoms with van der Waals surface area (Å²) >= 11 is 0. The molecule has 1 saturated heterocycles. The van der Waals surface area contributed by atoms with Crippen molar-refractivity contribution >= 4 is 23.8 Å². The number of likely N-dealkylation sites (N-methyl/N-ethyl adjacent to an activating group) is 1. The number of hydrogen-bond acceptors (Lipinski definition) is 4. The van der Waals surface area contributed by atoms with Gasteiger partial charge in [-0.1, -0.05) is 19.1 Å². The minimum atomic E-state index is -0.835. The van der Waals surface area contributed by atoms with E-state index in [9.17, 15) is 19.2 Å². The lowest BCUT2D eigenvalue weighted by Gasteiger charge is -2.33. The number of nitrogens with one attached hydrogen (secondary N) is 2. The van der Waals surface area contributed by atoms with Crippen molar-refractivity contribution in [1.82, 2.24) is 20.4 Å². The molecule has 0 radical (unpaired) electrons. The van der Waals surface area contributed by atoms with E-state index in [2.05, 4.69) is 17.6 Å². The smallest absolute Gasteiger partial charge is 0.325 e. The Balaban J connectivity index is 1.60. The molecule has 29 heavy (non-hydrogen) atoms. The van der Waals surface area contributed by atoms with Crippen molar-refractivity contribution in [3.8, 4) is 0 Å². The van der Waals surface area contributed by atoms with Crippen molar-refractivity contribution in [1.29, 1.82) is 0 Å². The van der Waals surface area contributed by atoms with Crippen LogP contribution in [0.1, 0.15) is 48.5 Å². The highest BCUT2D eigenvalue weighted by atomic mass is 16.2. The maximum atomic E-state index is 12.9. The first kappa shape index (κ1) is 20.8. The zero-order valence-electron chi connectivity index (χ0n) is 17.2. The van der Waals surface area contributed by atoms with Gasteiger partial charge in [0.05, 0.1) is 0 Å². The first-order chi connectivity index (χ1) is 13.8. The number of urea groups is 1. The van der Waals surface area contributed by atoms with Gasteiger partial charge in [-0.15, -0.1) is 0 Å². The Labute approximate surface area is 170 Å². The van der Waals surface area contributed by atoms with Gasteiger partial charge in [0, 0.05) is 26.2 Å². The Morgan fingerprint density at radius 1 is 1.21 bits per heavy atom. The summed E-state index contributed by atoms with van der Waals surface area (Å²) in [6.45, 7) is 2.19. The highest BCUT2D eigenvalue weighted by molar-refractivity contribution is 6.09. The maximum Gasteiger partial charge on any atom is 0.325 e.